The second kappa shape index (κ2) is 11.4. The Bertz CT molecular complexity index is 1060. The summed E-state index contributed by atoms with van der Waals surface area (Å²) in [6.45, 7) is -0.453. The minimum Gasteiger partial charge on any atom is -0.480 e. The van der Waals surface area contributed by atoms with E-state index in [1.54, 1.807) is 6.20 Å². The van der Waals surface area contributed by atoms with Crippen molar-refractivity contribution in [1.29, 1.82) is 0 Å². The number of H-pyrrole nitrogens is 1. The van der Waals surface area contributed by atoms with Crippen LogP contribution in [0.3, 0.4) is 0 Å². The number of nitrogens with one attached hydrogen (secondary N) is 3. The number of nitrogens with two attached hydrogens (primary N) is 1. The number of nitrogens with zero attached hydrogens (tertiary/aromatic N) is 1. The van der Waals surface area contributed by atoms with Gasteiger partial charge in [-0.05, 0) is 30.9 Å². The molecule has 0 spiro atoms. The highest BCUT2D eigenvalue weighted by Gasteiger charge is 2.38. The molecule has 1 saturated heterocycles. The maximum atomic E-state index is 12.8. The number of carbonyl (C=O) groups excluding carboxylic acids is 3. The molecule has 3 amide bonds. The number of aliphatic carboxylic acids is 1. The molecule has 0 radical (unpaired) electrons. The van der Waals surface area contributed by atoms with Gasteiger partial charge in [-0.15, -0.1) is 0 Å². The van der Waals surface area contributed by atoms with E-state index in [9.17, 15) is 29.4 Å². The molecule has 2 heterocycles. The Morgan fingerprint density at radius 1 is 1.18 bits per heavy atom. The van der Waals surface area contributed by atoms with E-state index < -0.39 is 54.5 Å². The van der Waals surface area contributed by atoms with Crippen molar-refractivity contribution in [2.75, 3.05) is 18.9 Å². The molecule has 0 aliphatic carbocycles. The number of aromatic nitrogens is 1. The minimum absolute atomic E-state index is 0.0837. The number of aliphatic hydroxyl groups is 1. The van der Waals surface area contributed by atoms with Crippen LogP contribution >= 0.6 is 12.6 Å². The largest absolute Gasteiger partial charge is 0.480 e. The van der Waals surface area contributed by atoms with Gasteiger partial charge < -0.3 is 36.5 Å². The van der Waals surface area contributed by atoms with Crippen molar-refractivity contribution < 1.29 is 29.4 Å². The third-order valence-electron chi connectivity index (χ3n) is 5.89. The number of carbonyl (C=O) groups is 4. The average Bonchev–Trinajstić information content (AvgIpc) is 3.48. The molecule has 184 valence electrons. The first-order chi connectivity index (χ1) is 16.3. The van der Waals surface area contributed by atoms with Crippen LogP contribution in [-0.4, -0.2) is 86.9 Å². The predicted molar refractivity (Wildman–Crippen MR) is 127 cm³/mol. The van der Waals surface area contributed by atoms with Gasteiger partial charge in [-0.3, -0.25) is 14.4 Å². The molecule has 1 fully saturated rings. The number of hydrogen-bond donors (Lipinski definition) is 7. The number of likely N-dealkylation sites (tertiary alicyclic amines) is 1. The zero-order chi connectivity index (χ0) is 24.8. The smallest absolute Gasteiger partial charge is 0.326 e. The van der Waals surface area contributed by atoms with Crippen LogP contribution < -0.4 is 16.4 Å². The summed E-state index contributed by atoms with van der Waals surface area (Å²) >= 11 is 4.10. The molecular formula is C22H29N5O6S. The van der Waals surface area contributed by atoms with Crippen LogP contribution in [0.5, 0.6) is 0 Å². The average molecular weight is 492 g/mol. The standard InChI is InChI=1S/C22H29N5O6S/c23-14(8-12-9-24-15-5-2-1-4-13(12)15)19(29)25-16(10-28)20(30)26-17(11-34)21(31)27-7-3-6-18(27)22(32)33/h1-2,4-5,9,14,16-18,24,28,34H,3,6-8,10-11,23H2,(H,25,29)(H,26,30)(H,32,33). The normalized spacial score (nSPS) is 18.3. The number of carboxylic acid groups (broad SMARTS) is 1. The van der Waals surface area contributed by atoms with Gasteiger partial charge in [0.1, 0.15) is 18.1 Å². The van der Waals surface area contributed by atoms with E-state index in [2.05, 4.69) is 28.2 Å². The summed E-state index contributed by atoms with van der Waals surface area (Å²) in [5.41, 5.74) is 7.78. The van der Waals surface area contributed by atoms with E-state index in [1.165, 1.54) is 4.90 Å². The quantitative estimate of drug-likeness (QED) is 0.208. The first-order valence-electron chi connectivity index (χ1n) is 10.9. The summed E-state index contributed by atoms with van der Waals surface area (Å²) in [6.07, 6.45) is 2.84. The van der Waals surface area contributed by atoms with Gasteiger partial charge in [-0.2, -0.15) is 12.6 Å². The van der Waals surface area contributed by atoms with Crippen LogP contribution in [0.1, 0.15) is 18.4 Å². The number of rotatable bonds is 10. The van der Waals surface area contributed by atoms with Gasteiger partial charge in [-0.1, -0.05) is 18.2 Å². The fourth-order valence-corrected chi connectivity index (χ4v) is 4.30. The van der Waals surface area contributed by atoms with Crippen molar-refractivity contribution in [3.8, 4) is 0 Å². The van der Waals surface area contributed by atoms with E-state index in [0.717, 1.165) is 16.5 Å². The zero-order valence-electron chi connectivity index (χ0n) is 18.4. The molecule has 34 heavy (non-hydrogen) atoms. The van der Waals surface area contributed by atoms with Gasteiger partial charge in [0.2, 0.25) is 17.7 Å². The lowest BCUT2D eigenvalue weighted by molar-refractivity contribution is -0.149. The summed E-state index contributed by atoms with van der Waals surface area (Å²) in [7, 11) is 0. The van der Waals surface area contributed by atoms with E-state index in [1.807, 2.05) is 24.3 Å². The number of aliphatic hydroxyl groups excluding tert-OH is 1. The van der Waals surface area contributed by atoms with Crippen molar-refractivity contribution in [3.05, 3.63) is 36.0 Å². The van der Waals surface area contributed by atoms with E-state index in [0.29, 0.717) is 12.8 Å². The molecule has 1 aromatic heterocycles. The lowest BCUT2D eigenvalue weighted by atomic mass is 10.0. The molecule has 0 bridgehead atoms. The van der Waals surface area contributed by atoms with Crippen molar-refractivity contribution in [3.63, 3.8) is 0 Å². The maximum absolute atomic E-state index is 12.8. The van der Waals surface area contributed by atoms with Gasteiger partial charge in [0.05, 0.1) is 12.6 Å². The summed E-state index contributed by atoms with van der Waals surface area (Å²) in [4.78, 5) is 53.7. The third kappa shape index (κ3) is 5.69. The molecule has 3 rings (SSSR count). The number of hydrogen-bond acceptors (Lipinski definition) is 7. The van der Waals surface area contributed by atoms with E-state index >= 15 is 0 Å². The monoisotopic (exact) mass is 491 g/mol. The highest BCUT2D eigenvalue weighted by atomic mass is 32.1. The summed E-state index contributed by atoms with van der Waals surface area (Å²) < 4.78 is 0. The van der Waals surface area contributed by atoms with Crippen molar-refractivity contribution in [1.82, 2.24) is 20.5 Å². The fraction of sp³-hybridized carbons (Fsp3) is 0.455. The number of para-hydroxylation sites is 1. The number of carboxylic acids is 1. The fourth-order valence-electron chi connectivity index (χ4n) is 4.05. The lowest BCUT2D eigenvalue weighted by Crippen LogP contribution is -2.58. The topological polar surface area (TPSA) is 178 Å². The zero-order valence-corrected chi connectivity index (χ0v) is 19.3. The Labute approximate surface area is 201 Å². The number of benzene rings is 1. The molecule has 2 aromatic rings. The Morgan fingerprint density at radius 3 is 2.56 bits per heavy atom. The number of amides is 3. The molecule has 7 N–H and O–H groups in total. The molecule has 11 nitrogen and oxygen atoms in total. The molecule has 1 aliphatic rings. The minimum atomic E-state index is -1.34. The summed E-state index contributed by atoms with van der Waals surface area (Å²) in [6, 6.07) is 3.17. The molecular weight excluding hydrogens is 462 g/mol. The van der Waals surface area contributed by atoms with Crippen LogP contribution in [0.4, 0.5) is 0 Å². The Hall–Kier alpha value is -3.09. The third-order valence-corrected chi connectivity index (χ3v) is 6.25. The van der Waals surface area contributed by atoms with Gasteiger partial charge >= 0.3 is 5.97 Å². The van der Waals surface area contributed by atoms with E-state index in [4.69, 9.17) is 5.73 Å². The molecule has 1 aromatic carbocycles. The number of thiol groups is 1. The van der Waals surface area contributed by atoms with Gasteiger partial charge in [-0.25, -0.2) is 4.79 Å². The molecule has 4 unspecified atom stereocenters. The number of fused-ring (bicyclic) bond motifs is 1. The summed E-state index contributed by atoms with van der Waals surface area (Å²) in [5, 5.41) is 24.8. The Morgan fingerprint density at radius 2 is 1.88 bits per heavy atom. The predicted octanol–water partition coefficient (Wildman–Crippen LogP) is -0.995. The highest BCUT2D eigenvalue weighted by molar-refractivity contribution is 7.80. The molecule has 1 aliphatic heterocycles. The second-order valence-electron chi connectivity index (χ2n) is 8.19. The second-order valence-corrected chi connectivity index (χ2v) is 8.55. The molecule has 12 heteroatoms. The summed E-state index contributed by atoms with van der Waals surface area (Å²) in [5.74, 6) is -3.21. The van der Waals surface area contributed by atoms with Crippen LogP contribution in [0, 0.1) is 0 Å². The van der Waals surface area contributed by atoms with Crippen LogP contribution in [0.2, 0.25) is 0 Å². The van der Waals surface area contributed by atoms with Crippen LogP contribution in [-0.2, 0) is 25.6 Å². The molecule has 4 atom stereocenters. The highest BCUT2D eigenvalue weighted by Crippen LogP contribution is 2.20. The van der Waals surface area contributed by atoms with Crippen molar-refractivity contribution in [2.45, 2.75) is 43.4 Å². The van der Waals surface area contributed by atoms with Gasteiger partial charge in [0.25, 0.3) is 0 Å². The Kier molecular flexibility index (Phi) is 8.53. The molecule has 0 saturated carbocycles. The lowest BCUT2D eigenvalue weighted by Gasteiger charge is -2.27. The first kappa shape index (κ1) is 25.5. The SMILES string of the molecule is NC(Cc1c[nH]c2ccccc12)C(=O)NC(CO)C(=O)NC(CS)C(=O)N1CCCC1C(=O)O. The Balaban J connectivity index is 1.60. The maximum Gasteiger partial charge on any atom is 0.326 e. The van der Waals surface area contributed by atoms with Crippen molar-refractivity contribution >= 4 is 47.2 Å². The first-order valence-corrected chi connectivity index (χ1v) is 11.6. The van der Waals surface area contributed by atoms with Crippen LogP contribution in [0.15, 0.2) is 30.5 Å². The van der Waals surface area contributed by atoms with Gasteiger partial charge in [0.15, 0.2) is 0 Å². The van der Waals surface area contributed by atoms with Crippen molar-refractivity contribution in [2.24, 2.45) is 5.73 Å². The van der Waals surface area contributed by atoms with Crippen LogP contribution in [0.25, 0.3) is 10.9 Å². The van der Waals surface area contributed by atoms with E-state index in [-0.39, 0.29) is 18.7 Å². The number of aromatic amines is 1. The van der Waals surface area contributed by atoms with Gasteiger partial charge in [0, 0.05) is 29.4 Å².